The Labute approximate surface area is 82.2 Å². The molecular weight excluding hydrogens is 206 g/mol. The molecule has 0 aliphatic rings. The predicted molar refractivity (Wildman–Crippen MR) is 49.6 cm³/mol. The van der Waals surface area contributed by atoms with E-state index in [4.69, 9.17) is 4.42 Å². The van der Waals surface area contributed by atoms with Crippen LogP contribution in [0.4, 0.5) is 0 Å². The van der Waals surface area contributed by atoms with Gasteiger partial charge < -0.3 is 4.42 Å². The van der Waals surface area contributed by atoms with E-state index in [1.807, 2.05) is 0 Å². The zero-order valence-electron chi connectivity index (χ0n) is 7.85. The third-order valence-corrected chi connectivity index (χ3v) is 2.91. The second-order valence-electron chi connectivity index (χ2n) is 3.09. The minimum absolute atomic E-state index is 0.203. The van der Waals surface area contributed by atoms with Crippen LogP contribution in [0.25, 0.3) is 0 Å². The number of sulfonamides is 1. The summed E-state index contributed by atoms with van der Waals surface area (Å²) >= 11 is 0. The van der Waals surface area contributed by atoms with Crippen LogP contribution in [0.5, 0.6) is 0 Å². The van der Waals surface area contributed by atoms with Crippen molar-refractivity contribution in [3.8, 4) is 0 Å². The average Bonchev–Trinajstić information content (AvgIpc) is 2.49. The molecule has 0 bridgehead atoms. The zero-order valence-corrected chi connectivity index (χ0v) is 8.67. The molecule has 78 valence electrons. The second-order valence-corrected chi connectivity index (χ2v) is 4.74. The quantitative estimate of drug-likeness (QED) is 0.756. The lowest BCUT2D eigenvalue weighted by Gasteiger charge is -2.05. The molecule has 0 fully saturated rings. The molecule has 1 rings (SSSR count). The Morgan fingerprint density at radius 2 is 2.14 bits per heavy atom. The molecule has 0 radical (unpaired) electrons. The second kappa shape index (κ2) is 3.93. The SMILES string of the molecule is CC(C)NS(=O)(=O)c1cc(C=O)co1. The molecular formula is C8H11NO4S. The van der Waals surface area contributed by atoms with E-state index < -0.39 is 10.0 Å². The third-order valence-electron chi connectivity index (χ3n) is 1.39. The van der Waals surface area contributed by atoms with Gasteiger partial charge in [-0.15, -0.1) is 0 Å². The summed E-state index contributed by atoms with van der Waals surface area (Å²) in [6.45, 7) is 3.39. The van der Waals surface area contributed by atoms with Gasteiger partial charge in [-0.3, -0.25) is 4.79 Å². The molecule has 5 nitrogen and oxygen atoms in total. The summed E-state index contributed by atoms with van der Waals surface area (Å²) in [6.07, 6.45) is 1.62. The summed E-state index contributed by atoms with van der Waals surface area (Å²) in [4.78, 5) is 10.3. The Hall–Kier alpha value is -1.14. The van der Waals surface area contributed by atoms with Crippen LogP contribution >= 0.6 is 0 Å². The molecule has 0 amide bonds. The number of carbonyl (C=O) groups is 1. The fourth-order valence-electron chi connectivity index (χ4n) is 0.901. The van der Waals surface area contributed by atoms with Crippen molar-refractivity contribution < 1.29 is 17.6 Å². The normalized spacial score (nSPS) is 11.9. The van der Waals surface area contributed by atoms with Gasteiger partial charge in [0.1, 0.15) is 6.26 Å². The smallest absolute Gasteiger partial charge is 0.274 e. The maximum atomic E-state index is 11.5. The van der Waals surface area contributed by atoms with Crippen molar-refractivity contribution in [3.63, 3.8) is 0 Å². The van der Waals surface area contributed by atoms with Gasteiger partial charge in [-0.2, -0.15) is 0 Å². The van der Waals surface area contributed by atoms with Crippen LogP contribution in [0.3, 0.4) is 0 Å². The van der Waals surface area contributed by atoms with Crippen LogP contribution in [-0.4, -0.2) is 20.7 Å². The lowest BCUT2D eigenvalue weighted by atomic mass is 10.4. The lowest BCUT2D eigenvalue weighted by Crippen LogP contribution is -2.29. The minimum Gasteiger partial charge on any atom is -0.451 e. The Morgan fingerprint density at radius 1 is 1.50 bits per heavy atom. The standard InChI is InChI=1S/C8H11NO4S/c1-6(2)9-14(11,12)8-3-7(4-10)5-13-8/h3-6,9H,1-2H3. The van der Waals surface area contributed by atoms with E-state index in [9.17, 15) is 13.2 Å². The van der Waals surface area contributed by atoms with Crippen molar-refractivity contribution in [2.45, 2.75) is 25.0 Å². The van der Waals surface area contributed by atoms with Crippen LogP contribution in [-0.2, 0) is 10.0 Å². The first-order chi connectivity index (χ1) is 6.45. The van der Waals surface area contributed by atoms with E-state index >= 15 is 0 Å². The van der Waals surface area contributed by atoms with Crippen molar-refractivity contribution in [1.29, 1.82) is 0 Å². The van der Waals surface area contributed by atoms with Crippen molar-refractivity contribution in [2.24, 2.45) is 0 Å². The van der Waals surface area contributed by atoms with Gasteiger partial charge in [0.25, 0.3) is 10.0 Å². The molecule has 14 heavy (non-hydrogen) atoms. The maximum Gasteiger partial charge on any atom is 0.274 e. The van der Waals surface area contributed by atoms with Crippen LogP contribution in [0, 0.1) is 0 Å². The van der Waals surface area contributed by atoms with Gasteiger partial charge >= 0.3 is 0 Å². The van der Waals surface area contributed by atoms with E-state index in [-0.39, 0.29) is 16.7 Å². The van der Waals surface area contributed by atoms with E-state index in [0.717, 1.165) is 6.26 Å². The van der Waals surface area contributed by atoms with Gasteiger partial charge in [0.05, 0.1) is 5.56 Å². The predicted octanol–water partition coefficient (Wildman–Crippen LogP) is 0.779. The summed E-state index contributed by atoms with van der Waals surface area (Å²) in [6, 6.07) is 0.960. The van der Waals surface area contributed by atoms with Gasteiger partial charge in [-0.1, -0.05) is 0 Å². The number of aldehydes is 1. The minimum atomic E-state index is -3.62. The third kappa shape index (κ3) is 2.43. The first-order valence-corrected chi connectivity index (χ1v) is 5.50. The van der Waals surface area contributed by atoms with Crippen molar-refractivity contribution >= 4 is 16.3 Å². The largest absolute Gasteiger partial charge is 0.451 e. The molecule has 0 unspecified atom stereocenters. The zero-order chi connectivity index (χ0) is 10.8. The summed E-state index contributed by atoms with van der Waals surface area (Å²) in [7, 11) is -3.62. The van der Waals surface area contributed by atoms with Crippen LogP contribution < -0.4 is 4.72 Å². The topological polar surface area (TPSA) is 76.4 Å². The summed E-state index contributed by atoms with van der Waals surface area (Å²) in [5, 5.41) is -0.242. The van der Waals surface area contributed by atoms with Crippen molar-refractivity contribution in [3.05, 3.63) is 17.9 Å². The van der Waals surface area contributed by atoms with E-state index in [1.165, 1.54) is 6.07 Å². The molecule has 1 aromatic heterocycles. The molecule has 0 spiro atoms. The fraction of sp³-hybridized carbons (Fsp3) is 0.375. The molecule has 6 heteroatoms. The number of hydrogen-bond donors (Lipinski definition) is 1. The van der Waals surface area contributed by atoms with E-state index in [2.05, 4.69) is 4.72 Å². The maximum absolute atomic E-state index is 11.5. The Morgan fingerprint density at radius 3 is 2.57 bits per heavy atom. The Bertz CT molecular complexity index is 418. The van der Waals surface area contributed by atoms with Crippen LogP contribution in [0.15, 0.2) is 21.8 Å². The van der Waals surface area contributed by atoms with Crippen molar-refractivity contribution in [1.82, 2.24) is 4.72 Å². The van der Waals surface area contributed by atoms with Crippen molar-refractivity contribution in [2.75, 3.05) is 0 Å². The molecule has 0 aliphatic carbocycles. The molecule has 0 saturated heterocycles. The molecule has 0 saturated carbocycles. The van der Waals surface area contributed by atoms with Crippen LogP contribution in [0.2, 0.25) is 0 Å². The number of carbonyl (C=O) groups excluding carboxylic acids is 1. The summed E-state index contributed by atoms with van der Waals surface area (Å²) in [5.41, 5.74) is 0.203. The van der Waals surface area contributed by atoms with Gasteiger partial charge in [0.2, 0.25) is 5.09 Å². The Balaban J connectivity index is 2.98. The van der Waals surface area contributed by atoms with Gasteiger partial charge in [0.15, 0.2) is 6.29 Å². The van der Waals surface area contributed by atoms with Gasteiger partial charge in [0, 0.05) is 12.1 Å². The highest BCUT2D eigenvalue weighted by molar-refractivity contribution is 7.89. The highest BCUT2D eigenvalue weighted by atomic mass is 32.2. The summed E-state index contributed by atoms with van der Waals surface area (Å²) < 4.78 is 30.0. The molecule has 0 atom stereocenters. The molecule has 0 aliphatic heterocycles. The summed E-state index contributed by atoms with van der Waals surface area (Å²) in [5.74, 6) is 0. The highest BCUT2D eigenvalue weighted by Crippen LogP contribution is 2.12. The first kappa shape index (κ1) is 10.9. The Kier molecular flexibility index (Phi) is 3.07. The van der Waals surface area contributed by atoms with E-state index in [0.29, 0.717) is 6.29 Å². The molecule has 0 aromatic carbocycles. The monoisotopic (exact) mass is 217 g/mol. The fourth-order valence-corrected chi connectivity index (χ4v) is 2.10. The lowest BCUT2D eigenvalue weighted by molar-refractivity contribution is 0.112. The molecule has 1 aromatic rings. The molecule has 1 N–H and O–H groups in total. The first-order valence-electron chi connectivity index (χ1n) is 4.02. The van der Waals surface area contributed by atoms with E-state index in [1.54, 1.807) is 13.8 Å². The number of furan rings is 1. The number of rotatable bonds is 4. The van der Waals surface area contributed by atoms with Gasteiger partial charge in [-0.25, -0.2) is 13.1 Å². The highest BCUT2D eigenvalue weighted by Gasteiger charge is 2.19. The number of hydrogen-bond acceptors (Lipinski definition) is 4. The molecule has 1 heterocycles. The average molecular weight is 217 g/mol. The number of nitrogens with one attached hydrogen (secondary N) is 1. The van der Waals surface area contributed by atoms with Crippen LogP contribution in [0.1, 0.15) is 24.2 Å². The van der Waals surface area contributed by atoms with Gasteiger partial charge in [-0.05, 0) is 13.8 Å².